The summed E-state index contributed by atoms with van der Waals surface area (Å²) in [6.45, 7) is 7.70. The monoisotopic (exact) mass is 238 g/mol. The zero-order chi connectivity index (χ0) is 13.0. The largest absolute Gasteiger partial charge is 0.396 e. The van der Waals surface area contributed by atoms with E-state index in [-0.39, 0.29) is 5.91 Å². The summed E-state index contributed by atoms with van der Waals surface area (Å²) in [6, 6.07) is 0. The summed E-state index contributed by atoms with van der Waals surface area (Å²) in [4.78, 5) is 14.1. The molecule has 5 heteroatoms. The highest BCUT2D eigenvalue weighted by Gasteiger charge is 2.21. The molecule has 0 spiro atoms. The minimum Gasteiger partial charge on any atom is -0.396 e. The van der Waals surface area contributed by atoms with Crippen molar-refractivity contribution in [3.63, 3.8) is 0 Å². The van der Waals surface area contributed by atoms with Crippen molar-refractivity contribution >= 4 is 11.6 Å². The van der Waals surface area contributed by atoms with Crippen molar-refractivity contribution in [3.8, 4) is 0 Å². The van der Waals surface area contributed by atoms with E-state index >= 15 is 0 Å². The lowest BCUT2D eigenvalue weighted by Gasteiger charge is -2.24. The first-order valence-corrected chi connectivity index (χ1v) is 6.07. The van der Waals surface area contributed by atoms with Crippen LogP contribution in [-0.4, -0.2) is 33.7 Å². The van der Waals surface area contributed by atoms with Crippen LogP contribution in [0.5, 0.6) is 0 Å². The molecule has 0 saturated carbocycles. The van der Waals surface area contributed by atoms with Gasteiger partial charge in [0.25, 0.3) is 5.91 Å². The molecule has 1 aromatic rings. The number of nitrogens with two attached hydrogens (primary N) is 1. The highest BCUT2D eigenvalue weighted by molar-refractivity contribution is 5.97. The van der Waals surface area contributed by atoms with E-state index in [4.69, 9.17) is 5.73 Å². The fourth-order valence-electron chi connectivity index (χ4n) is 1.73. The summed E-state index contributed by atoms with van der Waals surface area (Å²) in [6.07, 6.45) is 2.58. The molecule has 1 amide bonds. The molecular formula is C12H22N4O. The zero-order valence-electron chi connectivity index (χ0n) is 11.1. The van der Waals surface area contributed by atoms with Crippen molar-refractivity contribution < 1.29 is 4.79 Å². The number of aryl methyl sites for hydroxylation is 1. The average molecular weight is 238 g/mol. The third-order valence-corrected chi connectivity index (χ3v) is 3.07. The van der Waals surface area contributed by atoms with Crippen LogP contribution in [0.3, 0.4) is 0 Å². The number of amides is 1. The van der Waals surface area contributed by atoms with E-state index < -0.39 is 0 Å². The highest BCUT2D eigenvalue weighted by Crippen LogP contribution is 2.14. The van der Waals surface area contributed by atoms with Gasteiger partial charge in [-0.1, -0.05) is 20.3 Å². The van der Waals surface area contributed by atoms with Crippen LogP contribution >= 0.6 is 0 Å². The minimum atomic E-state index is -0.0368. The van der Waals surface area contributed by atoms with Gasteiger partial charge in [0, 0.05) is 20.1 Å². The van der Waals surface area contributed by atoms with Gasteiger partial charge < -0.3 is 10.6 Å². The number of carbonyl (C=O) groups excluding carboxylic acids is 1. The second-order valence-corrected chi connectivity index (χ2v) is 4.43. The first kappa shape index (κ1) is 13.5. The molecule has 0 aromatic carbocycles. The van der Waals surface area contributed by atoms with E-state index in [9.17, 15) is 4.79 Å². The first-order chi connectivity index (χ1) is 8.01. The molecule has 0 aliphatic carbocycles. The fraction of sp³-hybridized carbons (Fsp3) is 0.667. The number of nitrogens with zero attached hydrogens (tertiary/aromatic N) is 3. The molecule has 17 heavy (non-hydrogen) atoms. The van der Waals surface area contributed by atoms with Crippen LogP contribution in [0.4, 0.5) is 5.69 Å². The van der Waals surface area contributed by atoms with Crippen LogP contribution in [0.1, 0.15) is 37.7 Å². The van der Waals surface area contributed by atoms with E-state index in [1.54, 1.807) is 7.05 Å². The number of carbonyl (C=O) groups is 1. The lowest BCUT2D eigenvalue weighted by molar-refractivity contribution is 0.0731. The quantitative estimate of drug-likeness (QED) is 0.845. The Kier molecular flexibility index (Phi) is 4.54. The van der Waals surface area contributed by atoms with Crippen molar-refractivity contribution in [1.29, 1.82) is 0 Å². The lowest BCUT2D eigenvalue weighted by atomic mass is 10.1. The second kappa shape index (κ2) is 5.70. The van der Waals surface area contributed by atoms with Gasteiger partial charge in [0.2, 0.25) is 0 Å². The Balaban J connectivity index is 2.86. The molecule has 0 saturated heterocycles. The van der Waals surface area contributed by atoms with Gasteiger partial charge in [0.05, 0.1) is 11.9 Å². The topological polar surface area (TPSA) is 64.2 Å². The lowest BCUT2D eigenvalue weighted by Crippen LogP contribution is -2.36. The summed E-state index contributed by atoms with van der Waals surface area (Å²) in [5, 5.41) is 4.00. The number of anilines is 1. The van der Waals surface area contributed by atoms with Gasteiger partial charge in [0.15, 0.2) is 0 Å². The Labute approximate surface area is 103 Å². The maximum absolute atomic E-state index is 12.3. The van der Waals surface area contributed by atoms with Gasteiger partial charge in [-0.2, -0.15) is 5.10 Å². The Morgan fingerprint density at radius 3 is 2.65 bits per heavy atom. The molecule has 2 N–H and O–H groups in total. The van der Waals surface area contributed by atoms with Crippen molar-refractivity contribution in [2.24, 2.45) is 13.0 Å². The van der Waals surface area contributed by atoms with Gasteiger partial charge in [0.1, 0.15) is 5.69 Å². The number of hydrogen-bond donors (Lipinski definition) is 1. The molecule has 0 fully saturated rings. The molecule has 0 radical (unpaired) electrons. The third kappa shape index (κ3) is 2.99. The highest BCUT2D eigenvalue weighted by atomic mass is 16.2. The molecule has 1 heterocycles. The SMILES string of the molecule is CCC(C)CN(CC)C(=O)c1c(N)cnn1C. The number of hydrogen-bond acceptors (Lipinski definition) is 3. The maximum atomic E-state index is 12.3. The average Bonchev–Trinajstić information content (AvgIpc) is 2.64. The molecule has 0 bridgehead atoms. The smallest absolute Gasteiger partial charge is 0.274 e. The Morgan fingerprint density at radius 1 is 1.59 bits per heavy atom. The second-order valence-electron chi connectivity index (χ2n) is 4.43. The van der Waals surface area contributed by atoms with Crippen molar-refractivity contribution in [1.82, 2.24) is 14.7 Å². The van der Waals surface area contributed by atoms with Crippen LogP contribution in [0.15, 0.2) is 6.20 Å². The van der Waals surface area contributed by atoms with Gasteiger partial charge in [-0.25, -0.2) is 0 Å². The molecular weight excluding hydrogens is 216 g/mol. The Bertz CT molecular complexity index is 366. The molecule has 1 rings (SSSR count). The number of rotatable bonds is 5. The molecule has 1 atom stereocenters. The maximum Gasteiger partial charge on any atom is 0.274 e. The predicted octanol–water partition coefficient (Wildman–Crippen LogP) is 1.51. The van der Waals surface area contributed by atoms with Crippen LogP contribution in [0.2, 0.25) is 0 Å². The van der Waals surface area contributed by atoms with Gasteiger partial charge in [-0.15, -0.1) is 0 Å². The third-order valence-electron chi connectivity index (χ3n) is 3.07. The minimum absolute atomic E-state index is 0.0368. The molecule has 5 nitrogen and oxygen atoms in total. The van der Waals surface area contributed by atoms with Gasteiger partial charge >= 0.3 is 0 Å². The zero-order valence-corrected chi connectivity index (χ0v) is 11.1. The van der Waals surface area contributed by atoms with Gasteiger partial charge in [-0.05, 0) is 12.8 Å². The number of nitrogen functional groups attached to an aromatic ring is 1. The van der Waals surface area contributed by atoms with E-state index in [2.05, 4.69) is 18.9 Å². The molecule has 1 unspecified atom stereocenters. The Morgan fingerprint density at radius 2 is 2.24 bits per heavy atom. The molecule has 96 valence electrons. The summed E-state index contributed by atoms with van der Waals surface area (Å²) in [5.74, 6) is 0.457. The first-order valence-electron chi connectivity index (χ1n) is 6.07. The van der Waals surface area contributed by atoms with Crippen LogP contribution < -0.4 is 5.73 Å². The summed E-state index contributed by atoms with van der Waals surface area (Å²) in [7, 11) is 1.74. The molecule has 0 aliphatic heterocycles. The molecule has 1 aromatic heterocycles. The van der Waals surface area contributed by atoms with E-state index in [0.717, 1.165) is 13.0 Å². The molecule has 0 aliphatic rings. The van der Waals surface area contributed by atoms with E-state index in [1.165, 1.54) is 10.9 Å². The summed E-state index contributed by atoms with van der Waals surface area (Å²) < 4.78 is 1.54. The standard InChI is InChI=1S/C12H22N4O/c1-5-9(3)8-16(6-2)12(17)11-10(13)7-14-15(11)4/h7,9H,5-6,8,13H2,1-4H3. The van der Waals surface area contributed by atoms with Crippen molar-refractivity contribution in [2.75, 3.05) is 18.8 Å². The van der Waals surface area contributed by atoms with Crippen LogP contribution in [0, 0.1) is 5.92 Å². The van der Waals surface area contributed by atoms with Crippen LogP contribution in [0.25, 0.3) is 0 Å². The summed E-state index contributed by atoms with van der Waals surface area (Å²) in [5.41, 5.74) is 6.69. The van der Waals surface area contributed by atoms with Crippen molar-refractivity contribution in [2.45, 2.75) is 27.2 Å². The fourth-order valence-corrected chi connectivity index (χ4v) is 1.73. The predicted molar refractivity (Wildman–Crippen MR) is 68.7 cm³/mol. The van der Waals surface area contributed by atoms with Crippen LogP contribution in [-0.2, 0) is 7.05 Å². The Hall–Kier alpha value is -1.52. The number of aromatic nitrogens is 2. The van der Waals surface area contributed by atoms with Crippen molar-refractivity contribution in [3.05, 3.63) is 11.9 Å². The van der Waals surface area contributed by atoms with E-state index in [1.807, 2.05) is 11.8 Å². The van der Waals surface area contributed by atoms with E-state index in [0.29, 0.717) is 23.8 Å². The summed E-state index contributed by atoms with van der Waals surface area (Å²) >= 11 is 0. The van der Waals surface area contributed by atoms with Gasteiger partial charge in [-0.3, -0.25) is 9.48 Å². The normalized spacial score (nSPS) is 12.5.